The quantitative estimate of drug-likeness (QED) is 0.175. The van der Waals surface area contributed by atoms with Crippen LogP contribution >= 0.6 is 11.3 Å². The van der Waals surface area contributed by atoms with Gasteiger partial charge in [0, 0.05) is 36.5 Å². The van der Waals surface area contributed by atoms with Crippen LogP contribution in [0.4, 0.5) is 0 Å². The van der Waals surface area contributed by atoms with E-state index in [1.807, 2.05) is 11.3 Å². The molecule has 0 aliphatic heterocycles. The third kappa shape index (κ3) is 4.62. The first-order chi connectivity index (χ1) is 25.7. The molecule has 0 amide bonds. The summed E-state index contributed by atoms with van der Waals surface area (Å²) in [6.45, 7) is 0. The molecule has 0 spiro atoms. The average molecular weight is 678 g/mol. The maximum Gasteiger partial charge on any atom is 0.0541 e. The Morgan fingerprint density at radius 3 is 1.46 bits per heavy atom. The highest BCUT2D eigenvalue weighted by molar-refractivity contribution is 7.25. The van der Waals surface area contributed by atoms with Crippen molar-refractivity contribution in [2.45, 2.75) is 0 Å². The van der Waals surface area contributed by atoms with Gasteiger partial charge in [0.15, 0.2) is 0 Å². The van der Waals surface area contributed by atoms with Gasteiger partial charge in [-0.15, -0.1) is 11.3 Å². The predicted molar refractivity (Wildman–Crippen MR) is 225 cm³/mol. The average Bonchev–Trinajstić information content (AvgIpc) is 3.75. The molecule has 0 bridgehead atoms. The highest BCUT2D eigenvalue weighted by Crippen LogP contribution is 2.42. The Kier molecular flexibility index (Phi) is 6.49. The molecule has 1 nitrogen and oxygen atoms in total. The standard InChI is InChI=1S/C50H31NS/c1-3-11-34-27-36(19-17-32(34)9-1)38-21-24-47-43(29-38)44-30-39(37-20-18-33-10-2-4-12-35(33)28-37)22-25-48(44)51(47)46-15-7-5-13-41(46)40-23-26-50-45(31-40)42-14-6-8-16-49(42)52-50/h1-31H. The van der Waals surface area contributed by atoms with E-state index in [0.717, 1.165) is 0 Å². The summed E-state index contributed by atoms with van der Waals surface area (Å²) in [6, 6.07) is 69.4. The molecular formula is C50H31NS. The molecule has 11 rings (SSSR count). The van der Waals surface area contributed by atoms with Crippen molar-refractivity contribution in [3.63, 3.8) is 0 Å². The van der Waals surface area contributed by atoms with Gasteiger partial charge in [0.25, 0.3) is 0 Å². The lowest BCUT2D eigenvalue weighted by atomic mass is 9.98. The number of aromatic nitrogens is 1. The smallest absolute Gasteiger partial charge is 0.0541 e. The Bertz CT molecular complexity index is 3060. The van der Waals surface area contributed by atoms with E-state index >= 15 is 0 Å². The molecule has 0 radical (unpaired) electrons. The molecule has 0 saturated carbocycles. The predicted octanol–water partition coefficient (Wildman–Crippen LogP) is 14.5. The molecule has 52 heavy (non-hydrogen) atoms. The van der Waals surface area contributed by atoms with Gasteiger partial charge in [-0.25, -0.2) is 0 Å². The van der Waals surface area contributed by atoms with Gasteiger partial charge >= 0.3 is 0 Å². The Hall–Kier alpha value is -6.48. The summed E-state index contributed by atoms with van der Waals surface area (Å²) in [6.07, 6.45) is 0. The minimum absolute atomic E-state index is 1.18. The van der Waals surface area contributed by atoms with Crippen LogP contribution in [0.5, 0.6) is 0 Å². The Balaban J connectivity index is 1.15. The van der Waals surface area contributed by atoms with Gasteiger partial charge in [0.1, 0.15) is 0 Å². The van der Waals surface area contributed by atoms with Crippen LogP contribution in [0.15, 0.2) is 188 Å². The zero-order valence-corrected chi connectivity index (χ0v) is 29.1. The maximum atomic E-state index is 2.48. The number of rotatable bonds is 4. The fraction of sp³-hybridized carbons (Fsp3) is 0. The molecule has 0 aliphatic rings. The number of fused-ring (bicyclic) bond motifs is 8. The third-order valence-corrected chi connectivity index (χ3v) is 11.9. The lowest BCUT2D eigenvalue weighted by Crippen LogP contribution is -1.97. The SMILES string of the molecule is c1ccc(-n2c3ccc(-c4ccc5ccccc5c4)cc3c3cc(-c4ccc5ccccc5c4)ccc32)c(-c2ccc3sc4ccccc4c3c2)c1. The fourth-order valence-corrected chi connectivity index (χ4v) is 9.27. The Labute approximate surface area is 305 Å². The van der Waals surface area contributed by atoms with E-state index in [9.17, 15) is 0 Å². The van der Waals surface area contributed by atoms with E-state index in [2.05, 4.69) is 193 Å². The highest BCUT2D eigenvalue weighted by atomic mass is 32.1. The Morgan fingerprint density at radius 1 is 0.308 bits per heavy atom. The minimum Gasteiger partial charge on any atom is -0.309 e. The first-order valence-electron chi connectivity index (χ1n) is 17.8. The summed E-state index contributed by atoms with van der Waals surface area (Å²) in [5, 5.41) is 10.2. The lowest BCUT2D eigenvalue weighted by Gasteiger charge is -2.15. The molecular weight excluding hydrogens is 647 g/mol. The van der Waals surface area contributed by atoms with E-state index in [1.54, 1.807) is 0 Å². The van der Waals surface area contributed by atoms with Crippen LogP contribution in [0, 0.1) is 0 Å². The van der Waals surface area contributed by atoms with Crippen LogP contribution in [0.25, 0.3) is 103 Å². The minimum atomic E-state index is 1.18. The van der Waals surface area contributed by atoms with Crippen molar-refractivity contribution in [1.82, 2.24) is 4.57 Å². The summed E-state index contributed by atoms with van der Waals surface area (Å²) in [7, 11) is 0. The second-order valence-electron chi connectivity index (χ2n) is 13.7. The fourth-order valence-electron chi connectivity index (χ4n) is 8.19. The highest BCUT2D eigenvalue weighted by Gasteiger charge is 2.18. The summed E-state index contributed by atoms with van der Waals surface area (Å²) >= 11 is 1.87. The van der Waals surface area contributed by atoms with Crippen molar-refractivity contribution in [2.75, 3.05) is 0 Å². The van der Waals surface area contributed by atoms with Gasteiger partial charge in [0.05, 0.1) is 16.7 Å². The molecule has 9 aromatic carbocycles. The van der Waals surface area contributed by atoms with E-state index in [0.29, 0.717) is 0 Å². The van der Waals surface area contributed by atoms with Crippen LogP contribution in [0.1, 0.15) is 0 Å². The number of hydrogen-bond acceptors (Lipinski definition) is 1. The third-order valence-electron chi connectivity index (χ3n) is 10.8. The van der Waals surface area contributed by atoms with Crippen LogP contribution in [0.2, 0.25) is 0 Å². The van der Waals surface area contributed by atoms with E-state index in [1.165, 1.54) is 103 Å². The molecule has 2 heterocycles. The van der Waals surface area contributed by atoms with Crippen LogP contribution in [-0.2, 0) is 0 Å². The topological polar surface area (TPSA) is 4.93 Å². The van der Waals surface area contributed by atoms with Crippen LogP contribution in [0.3, 0.4) is 0 Å². The van der Waals surface area contributed by atoms with Gasteiger partial charge in [0.2, 0.25) is 0 Å². The molecule has 2 heteroatoms. The first-order valence-corrected chi connectivity index (χ1v) is 18.6. The van der Waals surface area contributed by atoms with E-state index in [-0.39, 0.29) is 0 Å². The molecule has 0 unspecified atom stereocenters. The first kappa shape index (κ1) is 29.3. The van der Waals surface area contributed by atoms with Crippen molar-refractivity contribution in [3.8, 4) is 39.1 Å². The van der Waals surface area contributed by atoms with Crippen LogP contribution < -0.4 is 0 Å². The number of para-hydroxylation sites is 1. The lowest BCUT2D eigenvalue weighted by molar-refractivity contribution is 1.18. The Morgan fingerprint density at radius 2 is 0.788 bits per heavy atom. The number of benzene rings is 9. The molecule has 2 aromatic heterocycles. The molecule has 11 aromatic rings. The van der Waals surface area contributed by atoms with E-state index in [4.69, 9.17) is 0 Å². The second-order valence-corrected chi connectivity index (χ2v) is 14.8. The van der Waals surface area contributed by atoms with Gasteiger partial charge in [-0.05, 0) is 110 Å². The number of thiophene rings is 1. The summed E-state index contributed by atoms with van der Waals surface area (Å²) in [4.78, 5) is 0. The molecule has 0 aliphatic carbocycles. The molecule has 0 saturated heterocycles. The number of hydrogen-bond donors (Lipinski definition) is 0. The van der Waals surface area contributed by atoms with Crippen molar-refractivity contribution in [3.05, 3.63) is 188 Å². The van der Waals surface area contributed by atoms with Crippen molar-refractivity contribution in [2.24, 2.45) is 0 Å². The van der Waals surface area contributed by atoms with Gasteiger partial charge < -0.3 is 4.57 Å². The normalized spacial score (nSPS) is 11.8. The van der Waals surface area contributed by atoms with Gasteiger partial charge in [-0.3, -0.25) is 0 Å². The van der Waals surface area contributed by atoms with Gasteiger partial charge in [-0.2, -0.15) is 0 Å². The van der Waals surface area contributed by atoms with Crippen LogP contribution in [-0.4, -0.2) is 4.57 Å². The van der Waals surface area contributed by atoms with E-state index < -0.39 is 0 Å². The maximum absolute atomic E-state index is 2.48. The van der Waals surface area contributed by atoms with Crippen molar-refractivity contribution >= 4 is 74.9 Å². The molecule has 0 atom stereocenters. The number of nitrogens with zero attached hydrogens (tertiary/aromatic N) is 1. The zero-order chi connectivity index (χ0) is 34.2. The van der Waals surface area contributed by atoms with Gasteiger partial charge in [-0.1, -0.05) is 127 Å². The summed E-state index contributed by atoms with van der Waals surface area (Å²) < 4.78 is 5.13. The molecule has 0 N–H and O–H groups in total. The largest absolute Gasteiger partial charge is 0.309 e. The van der Waals surface area contributed by atoms with Crippen molar-refractivity contribution in [1.29, 1.82) is 0 Å². The molecule has 0 fully saturated rings. The zero-order valence-electron chi connectivity index (χ0n) is 28.3. The second kappa shape index (κ2) is 11.5. The monoisotopic (exact) mass is 677 g/mol. The molecule has 242 valence electrons. The summed E-state index contributed by atoms with van der Waals surface area (Å²) in [5.41, 5.74) is 10.9. The van der Waals surface area contributed by atoms with Crippen molar-refractivity contribution < 1.29 is 0 Å². The summed E-state index contributed by atoms with van der Waals surface area (Å²) in [5.74, 6) is 0.